The van der Waals surface area contributed by atoms with Crippen molar-refractivity contribution in [3.63, 3.8) is 0 Å². The Morgan fingerprint density at radius 1 is 0.636 bits per heavy atom. The molecule has 13 nitrogen and oxygen atoms in total. The molecule has 0 aliphatic heterocycles. The van der Waals surface area contributed by atoms with Crippen LogP contribution in [0.5, 0.6) is 17.2 Å². The maximum atomic E-state index is 12.7. The fraction of sp³-hybridized carbons (Fsp3) is 0.244. The first-order valence-corrected chi connectivity index (χ1v) is 18.6. The molecule has 0 amide bonds. The predicted molar refractivity (Wildman–Crippen MR) is 208 cm³/mol. The zero-order valence-electron chi connectivity index (χ0n) is 31.8. The van der Waals surface area contributed by atoms with E-state index in [1.807, 2.05) is 58.9 Å². The van der Waals surface area contributed by atoms with Crippen LogP contribution < -0.4 is 20.9 Å². The maximum Gasteiger partial charge on any atom is 0.339 e. The Balaban J connectivity index is 0.000000211. The minimum atomic E-state index is -4.01. The van der Waals surface area contributed by atoms with E-state index >= 15 is 0 Å². The summed E-state index contributed by atoms with van der Waals surface area (Å²) in [4.78, 5) is 43.5. The van der Waals surface area contributed by atoms with Gasteiger partial charge in [0.25, 0.3) is 11.1 Å². The summed E-state index contributed by atoms with van der Waals surface area (Å²) in [5.41, 5.74) is 4.88. The monoisotopic (exact) mass is 768 g/mol. The van der Waals surface area contributed by atoms with E-state index in [0.29, 0.717) is 11.5 Å². The van der Waals surface area contributed by atoms with Crippen LogP contribution in [0, 0.1) is 41.5 Å². The molecule has 0 radical (unpaired) electrons. The highest BCUT2D eigenvalue weighted by atomic mass is 32.2. The maximum absolute atomic E-state index is 12.7. The molecule has 0 fully saturated rings. The molecule has 5 heterocycles. The van der Waals surface area contributed by atoms with Gasteiger partial charge in [0.15, 0.2) is 0 Å². The van der Waals surface area contributed by atoms with Crippen molar-refractivity contribution < 1.29 is 27.2 Å². The fourth-order valence-electron chi connectivity index (χ4n) is 5.64. The van der Waals surface area contributed by atoms with Gasteiger partial charge in [-0.3, -0.25) is 19.6 Å². The molecule has 0 saturated heterocycles. The largest absolute Gasteiger partial charge is 0.508 e. The van der Waals surface area contributed by atoms with E-state index in [2.05, 4.69) is 14.4 Å². The molecule has 14 heteroatoms. The van der Waals surface area contributed by atoms with Crippen molar-refractivity contribution in [1.29, 1.82) is 0 Å². The zero-order valence-corrected chi connectivity index (χ0v) is 32.7. The van der Waals surface area contributed by atoms with Crippen LogP contribution in [0.2, 0.25) is 0 Å². The van der Waals surface area contributed by atoms with Crippen LogP contribution in [0.4, 0.5) is 0 Å². The number of nitrogens with zero attached hydrogens (tertiary/aromatic N) is 4. The molecule has 2 N–H and O–H groups in total. The second kappa shape index (κ2) is 17.7. The third kappa shape index (κ3) is 11.1. The van der Waals surface area contributed by atoms with E-state index in [1.54, 1.807) is 66.6 Å². The summed E-state index contributed by atoms with van der Waals surface area (Å²) in [7, 11) is -4.01. The molecule has 0 aliphatic carbocycles. The molecule has 288 valence electrons. The Kier molecular flexibility index (Phi) is 13.3. The summed E-state index contributed by atoms with van der Waals surface area (Å²) in [6, 6.07) is 21.6. The van der Waals surface area contributed by atoms with Crippen molar-refractivity contribution in [2.45, 2.75) is 72.4 Å². The number of aromatic nitrogens is 4. The first kappa shape index (κ1) is 41.5. The van der Waals surface area contributed by atoms with Gasteiger partial charge in [-0.1, -0.05) is 29.8 Å². The molecule has 0 aliphatic rings. The summed E-state index contributed by atoms with van der Waals surface area (Å²) in [6.07, 6.45) is 3.51. The first-order chi connectivity index (χ1) is 25.8. The van der Waals surface area contributed by atoms with Gasteiger partial charge >= 0.3 is 15.7 Å². The van der Waals surface area contributed by atoms with Crippen molar-refractivity contribution in [1.82, 2.24) is 19.1 Å². The van der Waals surface area contributed by atoms with Gasteiger partial charge in [0, 0.05) is 59.4 Å². The average molecular weight is 769 g/mol. The summed E-state index contributed by atoms with van der Waals surface area (Å²) in [5.74, 6) is 0.361. The van der Waals surface area contributed by atoms with Crippen LogP contribution in [0.1, 0.15) is 71.2 Å². The van der Waals surface area contributed by atoms with Gasteiger partial charge in [0.05, 0.1) is 18.2 Å². The molecule has 0 saturated carbocycles. The topological polar surface area (TPSA) is 184 Å². The van der Waals surface area contributed by atoms with E-state index in [4.69, 9.17) is 9.29 Å². The third-order valence-electron chi connectivity index (χ3n) is 8.48. The number of pyridine rings is 4. The molecule has 2 atom stereocenters. The highest BCUT2D eigenvalue weighted by molar-refractivity contribution is 7.87. The van der Waals surface area contributed by atoms with Crippen LogP contribution in [0.25, 0.3) is 0 Å². The molecule has 55 heavy (non-hydrogen) atoms. The van der Waals surface area contributed by atoms with E-state index in [9.17, 15) is 27.9 Å². The van der Waals surface area contributed by atoms with Gasteiger partial charge in [-0.2, -0.15) is 8.42 Å². The summed E-state index contributed by atoms with van der Waals surface area (Å²) < 4.78 is 37.9. The summed E-state index contributed by atoms with van der Waals surface area (Å²) >= 11 is 0. The second-order valence-corrected chi connectivity index (χ2v) is 14.6. The number of rotatable bonds is 7. The van der Waals surface area contributed by atoms with Crippen LogP contribution in [-0.4, -0.2) is 37.7 Å². The number of hydrogen-bond acceptors (Lipinski definition) is 11. The average Bonchev–Trinajstić information content (AvgIpc) is 3.08. The number of aryl methyl sites for hydroxylation is 6. The number of hydrogen-bond donors (Lipinski definition) is 2. The molecule has 1 aromatic carbocycles. The normalized spacial score (nSPS) is 12.0. The third-order valence-corrected chi connectivity index (χ3v) is 9.74. The minimum Gasteiger partial charge on any atom is -0.508 e. The van der Waals surface area contributed by atoms with E-state index in [0.717, 1.165) is 39.8 Å². The highest BCUT2D eigenvalue weighted by Gasteiger charge is 2.19. The summed E-state index contributed by atoms with van der Waals surface area (Å²) in [6.45, 7) is 14.7. The van der Waals surface area contributed by atoms with Crippen LogP contribution in [0.3, 0.4) is 0 Å². The van der Waals surface area contributed by atoms with Crippen molar-refractivity contribution in [2.75, 3.05) is 0 Å². The Hall–Kier alpha value is -6.28. The Morgan fingerprint density at radius 3 is 1.56 bits per heavy atom. The second-order valence-electron chi connectivity index (χ2n) is 13.0. The Labute approximate surface area is 319 Å². The lowest BCUT2D eigenvalue weighted by Crippen LogP contribution is -2.26. The lowest BCUT2D eigenvalue weighted by Gasteiger charge is -2.19. The Bertz CT molecular complexity index is 2520. The molecule has 2 unspecified atom stereocenters. The van der Waals surface area contributed by atoms with Crippen LogP contribution >= 0.6 is 0 Å². The SMILES string of the molecule is Cc1cc(O)cc(=O)o1.Cc1ccc(C(C)n2c(C)cc(O)cc2=O)cn1.Cc1ccc(S(=O)(=O)Oc2cc(C)n(C(C)c3ccc(C)nc3)c(=O)c2)cc1. The number of aromatic hydroxyl groups is 2. The lowest BCUT2D eigenvalue weighted by atomic mass is 10.1. The van der Waals surface area contributed by atoms with Gasteiger partial charge in [-0.05, 0) is 96.8 Å². The standard InChI is InChI=1S/C21H22N2O4S.C14H16N2O2.C6H6O3/c1-14-5-9-20(10-6-14)28(25,26)27-19-11-16(3)23(21(24)12-19)17(4)18-8-7-15(2)22-13-18;1-9-4-5-12(8-15-9)11(3)16-10(2)6-13(17)7-14(16)18;1-4-2-5(7)3-6(8)9-4/h5-13,17H,1-4H3;4-8,11,17H,1-3H3;2-3,7H,1H3. The summed E-state index contributed by atoms with van der Waals surface area (Å²) in [5, 5.41) is 18.1. The Morgan fingerprint density at radius 2 is 1.13 bits per heavy atom. The smallest absolute Gasteiger partial charge is 0.339 e. The zero-order chi connectivity index (χ0) is 40.6. The minimum absolute atomic E-state index is 0.00276. The fourth-order valence-corrected chi connectivity index (χ4v) is 6.55. The molecule has 0 spiro atoms. The first-order valence-electron chi connectivity index (χ1n) is 17.2. The number of benzene rings is 1. The lowest BCUT2D eigenvalue weighted by molar-refractivity contribution is 0.434. The van der Waals surface area contributed by atoms with Crippen molar-refractivity contribution >= 4 is 10.1 Å². The van der Waals surface area contributed by atoms with E-state index < -0.39 is 15.7 Å². The molecular formula is C41H44N4O9S. The van der Waals surface area contributed by atoms with Gasteiger partial charge in [0.1, 0.15) is 27.9 Å². The van der Waals surface area contributed by atoms with Crippen molar-refractivity contribution in [3.05, 3.63) is 174 Å². The van der Waals surface area contributed by atoms with Gasteiger partial charge in [-0.25, -0.2) is 4.79 Å². The van der Waals surface area contributed by atoms with E-state index in [1.165, 1.54) is 30.3 Å². The van der Waals surface area contributed by atoms with E-state index in [-0.39, 0.29) is 45.3 Å². The van der Waals surface area contributed by atoms with Crippen molar-refractivity contribution in [3.8, 4) is 17.2 Å². The molecule has 6 rings (SSSR count). The predicted octanol–water partition coefficient (Wildman–Crippen LogP) is 6.37. The highest BCUT2D eigenvalue weighted by Crippen LogP contribution is 2.23. The molecule has 6 aromatic rings. The molecular weight excluding hydrogens is 725 g/mol. The van der Waals surface area contributed by atoms with Gasteiger partial charge < -0.3 is 27.9 Å². The van der Waals surface area contributed by atoms with Crippen LogP contribution in [0.15, 0.2) is 121 Å². The quantitative estimate of drug-likeness (QED) is 0.172. The molecule has 0 bridgehead atoms. The van der Waals surface area contributed by atoms with Crippen molar-refractivity contribution in [2.24, 2.45) is 0 Å². The van der Waals surface area contributed by atoms with Gasteiger partial charge in [-0.15, -0.1) is 0 Å². The van der Waals surface area contributed by atoms with Gasteiger partial charge in [0.2, 0.25) is 0 Å². The van der Waals surface area contributed by atoms with Crippen LogP contribution in [-0.2, 0) is 10.1 Å². The molecule has 5 aromatic heterocycles.